The summed E-state index contributed by atoms with van der Waals surface area (Å²) >= 11 is 0. The molecule has 3 heterocycles. The van der Waals surface area contributed by atoms with Crippen molar-refractivity contribution >= 4 is 0 Å². The molecule has 0 aromatic rings. The minimum atomic E-state index is 0.683. The first-order valence-corrected chi connectivity index (χ1v) is 9.05. The summed E-state index contributed by atoms with van der Waals surface area (Å²) in [4.78, 5) is 8.16. The first-order chi connectivity index (χ1) is 10.4. The van der Waals surface area contributed by atoms with Crippen LogP contribution in [0.25, 0.3) is 0 Å². The largest absolute Gasteiger partial charge is 0.314 e. The lowest BCUT2D eigenvalue weighted by atomic mass is 10.1. The smallest absolute Gasteiger partial charge is 0.0635 e. The van der Waals surface area contributed by atoms with Gasteiger partial charge in [0.1, 0.15) is 0 Å². The van der Waals surface area contributed by atoms with Gasteiger partial charge in [-0.05, 0) is 32.4 Å². The molecule has 3 saturated heterocycles. The second-order valence-corrected chi connectivity index (χ2v) is 6.74. The van der Waals surface area contributed by atoms with Gasteiger partial charge in [-0.25, -0.2) is 0 Å². The van der Waals surface area contributed by atoms with E-state index in [4.69, 9.17) is 0 Å². The van der Waals surface area contributed by atoms with Crippen LogP contribution in [0, 0.1) is 0 Å². The number of piperidine rings is 1. The number of rotatable bonds is 5. The maximum atomic E-state index is 3.50. The summed E-state index contributed by atoms with van der Waals surface area (Å²) in [5.41, 5.74) is 0. The number of piperazine rings is 2. The number of hydrogen-bond donors (Lipinski definition) is 2. The van der Waals surface area contributed by atoms with E-state index < -0.39 is 0 Å². The molecule has 1 atom stereocenters. The zero-order valence-corrected chi connectivity index (χ0v) is 13.5. The third kappa shape index (κ3) is 4.63. The van der Waals surface area contributed by atoms with Crippen molar-refractivity contribution in [3.05, 3.63) is 0 Å². The van der Waals surface area contributed by atoms with Crippen LogP contribution in [-0.2, 0) is 0 Å². The van der Waals surface area contributed by atoms with Gasteiger partial charge in [0.25, 0.3) is 0 Å². The van der Waals surface area contributed by atoms with Crippen LogP contribution in [0.4, 0.5) is 0 Å². The minimum Gasteiger partial charge on any atom is -0.314 e. The van der Waals surface area contributed by atoms with Crippen LogP contribution in [0.3, 0.4) is 0 Å². The first kappa shape index (κ1) is 15.7. The van der Waals surface area contributed by atoms with E-state index in [1.165, 1.54) is 84.6 Å². The predicted molar refractivity (Wildman–Crippen MR) is 87.6 cm³/mol. The summed E-state index contributed by atoms with van der Waals surface area (Å²) in [7, 11) is 0. The lowest BCUT2D eigenvalue weighted by Crippen LogP contribution is -2.57. The van der Waals surface area contributed by atoms with Crippen LogP contribution in [0.2, 0.25) is 0 Å². The second kappa shape index (κ2) is 8.44. The van der Waals surface area contributed by atoms with Gasteiger partial charge in [-0.1, -0.05) is 6.42 Å². The van der Waals surface area contributed by atoms with Crippen molar-refractivity contribution in [2.75, 3.05) is 72.0 Å². The normalized spacial score (nSPS) is 28.6. The van der Waals surface area contributed by atoms with Crippen LogP contribution in [0.1, 0.15) is 25.7 Å². The third-order valence-electron chi connectivity index (χ3n) is 5.30. The summed E-state index contributed by atoms with van der Waals surface area (Å²) < 4.78 is 0. The molecular weight excluding hydrogens is 262 g/mol. The summed E-state index contributed by atoms with van der Waals surface area (Å²) in [5.74, 6) is 0. The maximum absolute atomic E-state index is 3.50. The Labute approximate surface area is 130 Å². The van der Waals surface area contributed by atoms with Gasteiger partial charge in [-0.2, -0.15) is 0 Å². The fraction of sp³-hybridized carbons (Fsp3) is 1.00. The van der Waals surface area contributed by atoms with E-state index in [2.05, 4.69) is 25.3 Å². The SMILES string of the molecule is C1CCN(C(CCN2CCNCC2)N2CCNCC2)CC1. The molecule has 0 amide bonds. The van der Waals surface area contributed by atoms with Gasteiger partial charge in [0.15, 0.2) is 0 Å². The Morgan fingerprint density at radius 3 is 1.90 bits per heavy atom. The topological polar surface area (TPSA) is 33.8 Å². The highest BCUT2D eigenvalue weighted by Gasteiger charge is 2.27. The van der Waals surface area contributed by atoms with Crippen molar-refractivity contribution in [1.82, 2.24) is 25.3 Å². The monoisotopic (exact) mass is 295 g/mol. The molecule has 2 N–H and O–H groups in total. The van der Waals surface area contributed by atoms with Gasteiger partial charge in [0, 0.05) is 58.9 Å². The summed E-state index contributed by atoms with van der Waals surface area (Å²) in [5, 5.41) is 6.96. The summed E-state index contributed by atoms with van der Waals surface area (Å²) in [6.07, 6.45) is 6.23. The number of nitrogens with one attached hydrogen (secondary N) is 2. The molecule has 0 aromatic carbocycles. The fourth-order valence-corrected chi connectivity index (χ4v) is 4.03. The summed E-state index contributed by atoms with van der Waals surface area (Å²) in [6, 6.07) is 0. The molecule has 5 heteroatoms. The molecule has 0 saturated carbocycles. The van der Waals surface area contributed by atoms with Crippen molar-refractivity contribution in [3.63, 3.8) is 0 Å². The molecule has 3 aliphatic rings. The number of hydrogen-bond acceptors (Lipinski definition) is 5. The molecule has 3 aliphatic heterocycles. The minimum absolute atomic E-state index is 0.683. The predicted octanol–water partition coefficient (Wildman–Crippen LogP) is -0.00110. The highest BCUT2D eigenvalue weighted by molar-refractivity contribution is 4.81. The van der Waals surface area contributed by atoms with Gasteiger partial charge in [0.2, 0.25) is 0 Å². The Bertz CT molecular complexity index is 262. The molecule has 0 aromatic heterocycles. The van der Waals surface area contributed by atoms with Gasteiger partial charge in [-0.15, -0.1) is 0 Å². The van der Waals surface area contributed by atoms with E-state index in [0.29, 0.717) is 6.17 Å². The van der Waals surface area contributed by atoms with Crippen LogP contribution >= 0.6 is 0 Å². The molecule has 0 bridgehead atoms. The van der Waals surface area contributed by atoms with E-state index in [1.807, 2.05) is 0 Å². The zero-order valence-electron chi connectivity index (χ0n) is 13.5. The van der Waals surface area contributed by atoms with Crippen molar-refractivity contribution in [1.29, 1.82) is 0 Å². The van der Waals surface area contributed by atoms with Gasteiger partial charge >= 0.3 is 0 Å². The maximum Gasteiger partial charge on any atom is 0.0635 e. The molecule has 21 heavy (non-hydrogen) atoms. The van der Waals surface area contributed by atoms with E-state index in [0.717, 1.165) is 13.1 Å². The molecule has 0 aliphatic carbocycles. The molecule has 1 unspecified atom stereocenters. The Kier molecular flexibility index (Phi) is 6.30. The number of nitrogens with zero attached hydrogens (tertiary/aromatic N) is 3. The molecule has 0 radical (unpaired) electrons. The average Bonchev–Trinajstić information content (AvgIpc) is 2.58. The second-order valence-electron chi connectivity index (χ2n) is 6.74. The van der Waals surface area contributed by atoms with Crippen LogP contribution in [0.5, 0.6) is 0 Å². The zero-order chi connectivity index (χ0) is 14.3. The third-order valence-corrected chi connectivity index (χ3v) is 5.30. The van der Waals surface area contributed by atoms with Crippen molar-refractivity contribution < 1.29 is 0 Å². The van der Waals surface area contributed by atoms with Crippen LogP contribution < -0.4 is 10.6 Å². The fourth-order valence-electron chi connectivity index (χ4n) is 4.03. The highest BCUT2D eigenvalue weighted by Crippen LogP contribution is 2.18. The lowest BCUT2D eigenvalue weighted by molar-refractivity contribution is 0.00928. The van der Waals surface area contributed by atoms with E-state index >= 15 is 0 Å². The standard InChI is InChI=1S/C16H33N5/c1-2-9-20(10-3-1)16(21-14-7-18-8-15-21)4-11-19-12-5-17-6-13-19/h16-18H,1-15H2. The molecular formula is C16H33N5. The lowest BCUT2D eigenvalue weighted by Gasteiger charge is -2.44. The molecule has 5 nitrogen and oxygen atoms in total. The highest BCUT2D eigenvalue weighted by atomic mass is 15.4. The van der Waals surface area contributed by atoms with Gasteiger partial charge in [0.05, 0.1) is 6.17 Å². The molecule has 122 valence electrons. The summed E-state index contributed by atoms with van der Waals surface area (Å²) in [6.45, 7) is 13.5. The molecule has 0 spiro atoms. The van der Waals surface area contributed by atoms with Crippen molar-refractivity contribution in [2.45, 2.75) is 31.8 Å². The Morgan fingerprint density at radius 2 is 1.24 bits per heavy atom. The molecule has 3 fully saturated rings. The Balaban J connectivity index is 1.54. The van der Waals surface area contributed by atoms with Crippen LogP contribution in [0.15, 0.2) is 0 Å². The van der Waals surface area contributed by atoms with Crippen molar-refractivity contribution in [3.8, 4) is 0 Å². The van der Waals surface area contributed by atoms with Gasteiger partial charge < -0.3 is 15.5 Å². The van der Waals surface area contributed by atoms with E-state index in [1.54, 1.807) is 0 Å². The Morgan fingerprint density at radius 1 is 0.667 bits per heavy atom. The quantitative estimate of drug-likeness (QED) is 0.746. The van der Waals surface area contributed by atoms with E-state index in [-0.39, 0.29) is 0 Å². The molecule has 3 rings (SSSR count). The van der Waals surface area contributed by atoms with Crippen LogP contribution in [-0.4, -0.2) is 92.9 Å². The Hall–Kier alpha value is -0.200. The first-order valence-electron chi connectivity index (χ1n) is 9.05. The van der Waals surface area contributed by atoms with Crippen molar-refractivity contribution in [2.24, 2.45) is 0 Å². The van der Waals surface area contributed by atoms with Gasteiger partial charge in [-0.3, -0.25) is 9.80 Å². The average molecular weight is 295 g/mol. The van der Waals surface area contributed by atoms with E-state index in [9.17, 15) is 0 Å². The number of likely N-dealkylation sites (tertiary alicyclic amines) is 1.